The van der Waals surface area contributed by atoms with Crippen LogP contribution in [-0.4, -0.2) is 51.1 Å². The minimum atomic E-state index is 0.339. The van der Waals surface area contributed by atoms with Gasteiger partial charge in [0.15, 0.2) is 5.65 Å². The fourth-order valence-corrected chi connectivity index (χ4v) is 3.44. The van der Waals surface area contributed by atoms with Crippen molar-refractivity contribution in [1.29, 1.82) is 0 Å². The average molecular weight is 285 g/mol. The minimum Gasteiger partial charge on any atom is -0.355 e. The largest absolute Gasteiger partial charge is 0.355 e. The molecule has 2 aromatic rings. The van der Waals surface area contributed by atoms with E-state index in [4.69, 9.17) is 0 Å². The number of hydrogen-bond acceptors (Lipinski definition) is 4. The molecular weight excluding hydrogens is 266 g/mol. The van der Waals surface area contributed by atoms with E-state index in [2.05, 4.69) is 19.9 Å². The predicted molar refractivity (Wildman–Crippen MR) is 79.2 cm³/mol. The van der Waals surface area contributed by atoms with Gasteiger partial charge in [-0.1, -0.05) is 0 Å². The molecule has 0 atom stereocenters. The maximum Gasteiger partial charge on any atom is 0.222 e. The fourth-order valence-electron chi connectivity index (χ4n) is 3.44. The molecule has 0 radical (unpaired) electrons. The number of rotatable bonds is 2. The quantitative estimate of drug-likeness (QED) is 0.835. The molecule has 0 bridgehead atoms. The van der Waals surface area contributed by atoms with Gasteiger partial charge in [0, 0.05) is 44.5 Å². The van der Waals surface area contributed by atoms with Crippen LogP contribution in [0.5, 0.6) is 0 Å². The molecule has 110 valence electrons. The second-order valence-corrected chi connectivity index (χ2v) is 5.83. The Kier molecular flexibility index (Phi) is 3.02. The molecule has 6 heteroatoms. The first-order valence-corrected chi connectivity index (χ1v) is 7.66. The Hall–Kier alpha value is -2.11. The smallest absolute Gasteiger partial charge is 0.222 e. The Morgan fingerprint density at radius 1 is 1.14 bits per heavy atom. The van der Waals surface area contributed by atoms with Crippen LogP contribution >= 0.6 is 0 Å². The zero-order valence-electron chi connectivity index (χ0n) is 12.0. The van der Waals surface area contributed by atoms with Gasteiger partial charge < -0.3 is 9.80 Å². The van der Waals surface area contributed by atoms with Gasteiger partial charge in [-0.15, -0.1) is 5.10 Å². The summed E-state index contributed by atoms with van der Waals surface area (Å²) in [4.78, 5) is 20.4. The highest BCUT2D eigenvalue weighted by Gasteiger charge is 2.30. The Balaban J connectivity index is 1.45. The third kappa shape index (κ3) is 2.24. The standard InChI is InChI=1S/C15H19N5O/c21-15-2-1-8-19(15)12-5-9-18(10-6-12)14-4-3-13-16-7-11-20(13)17-14/h3-4,7,11-12H,1-2,5-6,8-10H2. The number of piperidine rings is 1. The van der Waals surface area contributed by atoms with Crippen LogP contribution in [0.2, 0.25) is 0 Å². The van der Waals surface area contributed by atoms with Crippen molar-refractivity contribution in [3.63, 3.8) is 0 Å². The van der Waals surface area contributed by atoms with E-state index in [1.807, 2.05) is 22.8 Å². The lowest BCUT2D eigenvalue weighted by Crippen LogP contribution is -2.45. The molecule has 0 spiro atoms. The first-order valence-electron chi connectivity index (χ1n) is 7.66. The number of carbonyl (C=O) groups is 1. The number of nitrogens with zero attached hydrogens (tertiary/aromatic N) is 5. The molecule has 2 aromatic heterocycles. The van der Waals surface area contributed by atoms with E-state index < -0.39 is 0 Å². The van der Waals surface area contributed by atoms with Crippen LogP contribution in [0.3, 0.4) is 0 Å². The molecule has 0 saturated carbocycles. The number of carbonyl (C=O) groups excluding carboxylic acids is 1. The maximum absolute atomic E-state index is 11.8. The summed E-state index contributed by atoms with van der Waals surface area (Å²) in [7, 11) is 0. The van der Waals surface area contributed by atoms with Gasteiger partial charge in [-0.2, -0.15) is 0 Å². The number of amides is 1. The highest BCUT2D eigenvalue weighted by atomic mass is 16.2. The molecular formula is C15H19N5O. The van der Waals surface area contributed by atoms with Crippen molar-refractivity contribution in [2.75, 3.05) is 24.5 Å². The molecule has 2 fully saturated rings. The van der Waals surface area contributed by atoms with Gasteiger partial charge in [-0.05, 0) is 31.4 Å². The Bertz CT molecular complexity index is 659. The second-order valence-electron chi connectivity index (χ2n) is 5.83. The van der Waals surface area contributed by atoms with E-state index in [0.717, 1.165) is 56.8 Å². The highest BCUT2D eigenvalue weighted by molar-refractivity contribution is 5.78. The highest BCUT2D eigenvalue weighted by Crippen LogP contribution is 2.24. The van der Waals surface area contributed by atoms with Crippen LogP contribution in [0.4, 0.5) is 5.82 Å². The van der Waals surface area contributed by atoms with Crippen molar-refractivity contribution in [1.82, 2.24) is 19.5 Å². The molecule has 2 aliphatic heterocycles. The lowest BCUT2D eigenvalue weighted by atomic mass is 10.0. The first-order chi connectivity index (χ1) is 10.3. The van der Waals surface area contributed by atoms with E-state index in [0.29, 0.717) is 11.9 Å². The Morgan fingerprint density at radius 3 is 2.76 bits per heavy atom. The molecule has 0 unspecified atom stereocenters. The molecule has 2 saturated heterocycles. The third-order valence-electron chi connectivity index (χ3n) is 4.58. The summed E-state index contributed by atoms with van der Waals surface area (Å²) >= 11 is 0. The molecule has 0 aromatic carbocycles. The number of hydrogen-bond donors (Lipinski definition) is 0. The topological polar surface area (TPSA) is 53.7 Å². The van der Waals surface area contributed by atoms with Crippen molar-refractivity contribution in [2.24, 2.45) is 0 Å². The molecule has 6 nitrogen and oxygen atoms in total. The molecule has 4 rings (SSSR count). The van der Waals surface area contributed by atoms with Gasteiger partial charge in [0.25, 0.3) is 0 Å². The summed E-state index contributed by atoms with van der Waals surface area (Å²) in [5.41, 5.74) is 0.872. The second kappa shape index (κ2) is 5.02. The van der Waals surface area contributed by atoms with Gasteiger partial charge >= 0.3 is 0 Å². The van der Waals surface area contributed by atoms with Crippen molar-refractivity contribution in [2.45, 2.75) is 31.7 Å². The molecule has 0 N–H and O–H groups in total. The summed E-state index contributed by atoms with van der Waals surface area (Å²) in [6, 6.07) is 4.45. The summed E-state index contributed by atoms with van der Waals surface area (Å²) in [5.74, 6) is 1.33. The van der Waals surface area contributed by atoms with Crippen LogP contribution in [0, 0.1) is 0 Å². The first kappa shape index (κ1) is 12.6. The Labute approximate surface area is 123 Å². The minimum absolute atomic E-state index is 0.339. The number of imidazole rings is 1. The molecule has 1 amide bonds. The van der Waals surface area contributed by atoms with E-state index in [-0.39, 0.29) is 0 Å². The summed E-state index contributed by atoms with van der Waals surface area (Å²) in [6.45, 7) is 2.87. The number of anilines is 1. The normalized spacial score (nSPS) is 20.7. The lowest BCUT2D eigenvalue weighted by Gasteiger charge is -2.37. The van der Waals surface area contributed by atoms with Crippen LogP contribution in [0.15, 0.2) is 24.5 Å². The molecule has 2 aliphatic rings. The van der Waals surface area contributed by atoms with Crippen LogP contribution < -0.4 is 4.90 Å². The van der Waals surface area contributed by atoms with Crippen LogP contribution in [-0.2, 0) is 4.79 Å². The number of aromatic nitrogens is 3. The lowest BCUT2D eigenvalue weighted by molar-refractivity contribution is -0.130. The monoisotopic (exact) mass is 285 g/mol. The third-order valence-corrected chi connectivity index (χ3v) is 4.58. The van der Waals surface area contributed by atoms with Crippen LogP contribution in [0.1, 0.15) is 25.7 Å². The van der Waals surface area contributed by atoms with E-state index >= 15 is 0 Å². The van der Waals surface area contributed by atoms with Crippen LogP contribution in [0.25, 0.3) is 5.65 Å². The maximum atomic E-state index is 11.8. The fraction of sp³-hybridized carbons (Fsp3) is 0.533. The van der Waals surface area contributed by atoms with Crippen molar-refractivity contribution in [3.8, 4) is 0 Å². The SMILES string of the molecule is O=C1CCCN1C1CCN(c2ccc3nccn3n2)CC1. The summed E-state index contributed by atoms with van der Waals surface area (Å²) in [6.07, 6.45) is 7.47. The van der Waals surface area contributed by atoms with Gasteiger partial charge in [0.1, 0.15) is 5.82 Å². The van der Waals surface area contributed by atoms with Gasteiger partial charge in [0.05, 0.1) is 0 Å². The van der Waals surface area contributed by atoms with Crippen molar-refractivity contribution in [3.05, 3.63) is 24.5 Å². The van der Waals surface area contributed by atoms with Gasteiger partial charge in [-0.3, -0.25) is 4.79 Å². The van der Waals surface area contributed by atoms with Crippen molar-refractivity contribution < 1.29 is 4.79 Å². The molecule has 0 aliphatic carbocycles. The number of fused-ring (bicyclic) bond motifs is 1. The van der Waals surface area contributed by atoms with E-state index in [9.17, 15) is 4.79 Å². The summed E-state index contributed by atoms with van der Waals surface area (Å²) < 4.78 is 1.81. The van der Waals surface area contributed by atoms with Crippen molar-refractivity contribution >= 4 is 17.4 Å². The zero-order valence-corrected chi connectivity index (χ0v) is 12.0. The Morgan fingerprint density at radius 2 is 2.00 bits per heavy atom. The van der Waals surface area contributed by atoms with Gasteiger partial charge in [-0.25, -0.2) is 9.50 Å². The number of likely N-dealkylation sites (tertiary alicyclic amines) is 1. The summed E-state index contributed by atoms with van der Waals surface area (Å²) in [5, 5.41) is 4.60. The molecule has 21 heavy (non-hydrogen) atoms. The predicted octanol–water partition coefficient (Wildman–Crippen LogP) is 1.32. The zero-order chi connectivity index (χ0) is 14.2. The van der Waals surface area contributed by atoms with E-state index in [1.165, 1.54) is 0 Å². The van der Waals surface area contributed by atoms with Gasteiger partial charge in [0.2, 0.25) is 5.91 Å². The van der Waals surface area contributed by atoms with E-state index in [1.54, 1.807) is 6.20 Å². The average Bonchev–Trinajstić information content (AvgIpc) is 3.15. The molecule has 4 heterocycles.